The summed E-state index contributed by atoms with van der Waals surface area (Å²) in [5, 5.41) is 12.0. The topological polar surface area (TPSA) is 126 Å². The van der Waals surface area contributed by atoms with Crippen molar-refractivity contribution >= 4 is 21.1 Å². The average Bonchev–Trinajstić information content (AvgIpc) is 3.07. The number of fused-ring (bicyclic) bond motifs is 1. The molecule has 1 aliphatic rings. The van der Waals surface area contributed by atoms with Gasteiger partial charge in [-0.1, -0.05) is 12.0 Å². The summed E-state index contributed by atoms with van der Waals surface area (Å²) in [5.74, 6) is -0.937. The first kappa shape index (κ1) is 18.7. The van der Waals surface area contributed by atoms with Gasteiger partial charge in [0.1, 0.15) is 0 Å². The van der Waals surface area contributed by atoms with Gasteiger partial charge in [0.2, 0.25) is 10.0 Å². The quantitative estimate of drug-likeness (QED) is 0.683. The first-order valence-electron chi connectivity index (χ1n) is 8.45. The van der Waals surface area contributed by atoms with E-state index in [0.29, 0.717) is 5.52 Å². The first-order valence-corrected chi connectivity index (χ1v) is 9.99. The monoisotopic (exact) mass is 413 g/mol. The van der Waals surface area contributed by atoms with Crippen LogP contribution >= 0.6 is 0 Å². The van der Waals surface area contributed by atoms with Gasteiger partial charge in [-0.2, -0.15) is 8.78 Å². The lowest BCUT2D eigenvalue weighted by molar-refractivity contribution is 0.115. The normalized spacial score (nSPS) is 17.4. The smallest absolute Gasteiger partial charge is 0.337 e. The molecule has 1 saturated carbocycles. The molecule has 2 N–H and O–H groups in total. The molecule has 2 aromatic heterocycles. The highest BCUT2D eigenvalue weighted by Gasteiger charge is 2.45. The van der Waals surface area contributed by atoms with Crippen LogP contribution in [0, 0.1) is 5.41 Å². The number of benzene rings is 1. The van der Waals surface area contributed by atoms with Gasteiger partial charge in [0.05, 0.1) is 15.9 Å². The summed E-state index contributed by atoms with van der Waals surface area (Å²) >= 11 is 0. The van der Waals surface area contributed by atoms with Crippen molar-refractivity contribution in [2.45, 2.75) is 44.1 Å². The number of hydrogen-bond donors (Lipinski definition) is 1. The van der Waals surface area contributed by atoms with Crippen LogP contribution in [0.25, 0.3) is 17.0 Å². The second kappa shape index (κ2) is 5.95. The van der Waals surface area contributed by atoms with E-state index in [1.165, 1.54) is 22.8 Å². The number of aromatic nitrogens is 4. The number of sulfonamides is 1. The molecule has 9 nitrogen and oxygen atoms in total. The number of nitrogens with zero attached hydrogens (tertiary/aromatic N) is 4. The van der Waals surface area contributed by atoms with Gasteiger partial charge >= 0.3 is 18.1 Å². The number of primary sulfonamides is 1. The van der Waals surface area contributed by atoms with Crippen LogP contribution in [0.2, 0.25) is 0 Å². The van der Waals surface area contributed by atoms with E-state index in [1.807, 2.05) is 13.8 Å². The Balaban J connectivity index is 2.03. The molecule has 0 radical (unpaired) electrons. The molecular weight excluding hydrogens is 396 g/mol. The number of nitrogens with two attached hydrogens (primary N) is 1. The third-order valence-electron chi connectivity index (χ3n) is 5.42. The molecule has 4 rings (SSSR count). The molecule has 0 spiro atoms. The number of halogens is 2. The number of alkyl halides is 2. The van der Waals surface area contributed by atoms with Crippen molar-refractivity contribution in [2.24, 2.45) is 10.6 Å². The predicted octanol–water partition coefficient (Wildman–Crippen LogP) is 2.12. The van der Waals surface area contributed by atoms with Crippen molar-refractivity contribution in [1.29, 1.82) is 0 Å². The Kier molecular flexibility index (Phi) is 3.98. The van der Waals surface area contributed by atoms with Crippen LogP contribution in [-0.4, -0.2) is 27.7 Å². The molecule has 1 aliphatic carbocycles. The van der Waals surface area contributed by atoms with Gasteiger partial charge in [0, 0.05) is 6.04 Å². The van der Waals surface area contributed by atoms with Crippen LogP contribution in [-0.2, 0) is 10.0 Å². The van der Waals surface area contributed by atoms with Gasteiger partial charge in [0.15, 0.2) is 0 Å². The second-order valence-corrected chi connectivity index (χ2v) is 8.80. The van der Waals surface area contributed by atoms with Crippen molar-refractivity contribution in [3.05, 3.63) is 34.6 Å². The zero-order chi connectivity index (χ0) is 20.4. The van der Waals surface area contributed by atoms with Crippen LogP contribution in [0.4, 0.5) is 8.78 Å². The van der Waals surface area contributed by atoms with Crippen LogP contribution in [0.1, 0.15) is 45.0 Å². The largest absolute Gasteiger partial charge is 0.401 e. The van der Waals surface area contributed by atoms with Gasteiger partial charge in [-0.25, -0.2) is 22.9 Å². The van der Waals surface area contributed by atoms with E-state index in [4.69, 9.17) is 9.56 Å². The first-order chi connectivity index (χ1) is 13.0. The van der Waals surface area contributed by atoms with Crippen LogP contribution < -0.4 is 10.8 Å². The molecule has 150 valence electrons. The Hall–Kier alpha value is -2.60. The third-order valence-corrected chi connectivity index (χ3v) is 6.33. The number of imidazole rings is 1. The van der Waals surface area contributed by atoms with E-state index < -0.39 is 34.0 Å². The maximum Gasteiger partial charge on any atom is 0.337 e. The molecule has 28 heavy (non-hydrogen) atoms. The van der Waals surface area contributed by atoms with Gasteiger partial charge in [-0.05, 0) is 43.4 Å². The summed E-state index contributed by atoms with van der Waals surface area (Å²) < 4.78 is 56.5. The van der Waals surface area contributed by atoms with Crippen molar-refractivity contribution in [3.63, 3.8) is 0 Å². The fraction of sp³-hybridized carbons (Fsp3) is 0.438. The molecule has 0 saturated heterocycles. The zero-order valence-corrected chi connectivity index (χ0v) is 15.8. The van der Waals surface area contributed by atoms with E-state index in [-0.39, 0.29) is 21.9 Å². The van der Waals surface area contributed by atoms with Crippen molar-refractivity contribution in [2.75, 3.05) is 0 Å². The molecule has 1 atom stereocenters. The SMILES string of the molecule is CC(n1c(=O)n(-c2nnc(C(F)F)o2)c2cc(S(N)(=O)=O)ccc21)C1(C)CC1. The Bertz CT molecular complexity index is 1240. The van der Waals surface area contributed by atoms with E-state index in [0.717, 1.165) is 17.4 Å². The lowest BCUT2D eigenvalue weighted by Gasteiger charge is -2.20. The zero-order valence-electron chi connectivity index (χ0n) is 15.0. The van der Waals surface area contributed by atoms with Crippen molar-refractivity contribution < 1.29 is 21.6 Å². The summed E-state index contributed by atoms with van der Waals surface area (Å²) in [6.07, 6.45) is -1.15. The standard InChI is InChI=1S/C16H17F2N5O4S/c1-8(16(2)5-6-16)22-10-4-3-9(28(19,25)26)7-11(10)23(15(22)24)14-21-20-13(27-14)12(17)18/h3-4,7-8,12H,5-6H2,1-2H3,(H2,19,25,26). The maximum absolute atomic E-state index is 13.2. The maximum atomic E-state index is 13.2. The van der Waals surface area contributed by atoms with Gasteiger partial charge in [0.25, 0.3) is 5.89 Å². The highest BCUT2D eigenvalue weighted by molar-refractivity contribution is 7.89. The lowest BCUT2D eigenvalue weighted by atomic mass is 10.0. The van der Waals surface area contributed by atoms with Gasteiger partial charge in [-0.3, -0.25) is 4.57 Å². The minimum atomic E-state index is -4.05. The summed E-state index contributed by atoms with van der Waals surface area (Å²) in [4.78, 5) is 12.9. The second-order valence-electron chi connectivity index (χ2n) is 7.24. The summed E-state index contributed by atoms with van der Waals surface area (Å²) in [7, 11) is -4.05. The molecule has 3 aromatic rings. The molecular formula is C16H17F2N5O4S. The summed E-state index contributed by atoms with van der Waals surface area (Å²) in [5.41, 5.74) is -0.150. The molecule has 2 heterocycles. The Labute approximate surface area is 157 Å². The highest BCUT2D eigenvalue weighted by Crippen LogP contribution is 2.53. The Morgan fingerprint density at radius 3 is 2.46 bits per heavy atom. The fourth-order valence-electron chi connectivity index (χ4n) is 3.27. The van der Waals surface area contributed by atoms with E-state index >= 15 is 0 Å². The number of rotatable bonds is 5. The van der Waals surface area contributed by atoms with Crippen molar-refractivity contribution in [3.8, 4) is 6.01 Å². The fourth-order valence-corrected chi connectivity index (χ4v) is 3.80. The summed E-state index contributed by atoms with van der Waals surface area (Å²) in [6, 6.07) is 3.25. The average molecular weight is 413 g/mol. The Morgan fingerprint density at radius 2 is 1.93 bits per heavy atom. The minimum absolute atomic E-state index is 0.0927. The third kappa shape index (κ3) is 2.83. The highest BCUT2D eigenvalue weighted by atomic mass is 32.2. The molecule has 0 bridgehead atoms. The minimum Gasteiger partial charge on any atom is -0.401 e. The van der Waals surface area contributed by atoms with Crippen LogP contribution in [0.15, 0.2) is 32.3 Å². The lowest BCUT2D eigenvalue weighted by Crippen LogP contribution is -2.29. The van der Waals surface area contributed by atoms with Crippen molar-refractivity contribution in [1.82, 2.24) is 19.3 Å². The molecule has 1 unspecified atom stereocenters. The number of hydrogen-bond acceptors (Lipinski definition) is 6. The van der Waals surface area contributed by atoms with Gasteiger partial charge in [-0.15, -0.1) is 5.10 Å². The predicted molar refractivity (Wildman–Crippen MR) is 93.8 cm³/mol. The van der Waals surface area contributed by atoms with Crippen LogP contribution in [0.3, 0.4) is 0 Å². The summed E-state index contributed by atoms with van der Waals surface area (Å²) in [6.45, 7) is 3.91. The molecule has 0 aliphatic heterocycles. The van der Waals surface area contributed by atoms with Crippen LogP contribution in [0.5, 0.6) is 0 Å². The van der Waals surface area contributed by atoms with Gasteiger partial charge < -0.3 is 4.42 Å². The van der Waals surface area contributed by atoms with E-state index in [1.54, 1.807) is 0 Å². The molecule has 0 amide bonds. The van der Waals surface area contributed by atoms with E-state index in [2.05, 4.69) is 10.2 Å². The molecule has 1 fully saturated rings. The molecule has 1 aromatic carbocycles. The Morgan fingerprint density at radius 1 is 1.25 bits per heavy atom. The molecule has 12 heteroatoms. The van der Waals surface area contributed by atoms with E-state index in [9.17, 15) is 22.0 Å².